The third-order valence-corrected chi connectivity index (χ3v) is 5.76. The molecule has 0 saturated heterocycles. The highest BCUT2D eigenvalue weighted by atomic mass is 32.2. The molecule has 7 heteroatoms. The Morgan fingerprint density at radius 2 is 2.00 bits per heavy atom. The summed E-state index contributed by atoms with van der Waals surface area (Å²) in [4.78, 5) is 12.6. The van der Waals surface area contributed by atoms with Crippen molar-refractivity contribution in [3.63, 3.8) is 0 Å². The zero-order chi connectivity index (χ0) is 19.4. The van der Waals surface area contributed by atoms with Crippen LogP contribution in [0.15, 0.2) is 29.4 Å². The number of carbonyl (C=O) groups is 1. The van der Waals surface area contributed by atoms with Crippen LogP contribution in [0.1, 0.15) is 57.0 Å². The van der Waals surface area contributed by atoms with Gasteiger partial charge in [0.25, 0.3) is 0 Å². The number of benzene rings is 1. The fourth-order valence-corrected chi connectivity index (χ4v) is 3.96. The van der Waals surface area contributed by atoms with E-state index in [0.717, 1.165) is 28.8 Å². The summed E-state index contributed by atoms with van der Waals surface area (Å²) in [6.45, 7) is 7.15. The SMILES string of the molecule is CCn1c(SCC(=O)N[C@H](c2ccc(OC)cc2)C(C)C)nnc1C1CC1. The number of hydrogen-bond acceptors (Lipinski definition) is 5. The number of hydrogen-bond donors (Lipinski definition) is 1. The van der Waals surface area contributed by atoms with E-state index in [1.165, 1.54) is 24.6 Å². The van der Waals surface area contributed by atoms with Gasteiger partial charge in [0.15, 0.2) is 5.16 Å². The van der Waals surface area contributed by atoms with Gasteiger partial charge in [0, 0.05) is 12.5 Å². The number of amides is 1. The van der Waals surface area contributed by atoms with Gasteiger partial charge < -0.3 is 14.6 Å². The predicted octanol–water partition coefficient (Wildman–Crippen LogP) is 3.79. The molecular formula is C20H28N4O2S. The van der Waals surface area contributed by atoms with E-state index in [-0.39, 0.29) is 17.9 Å². The van der Waals surface area contributed by atoms with E-state index in [4.69, 9.17) is 4.74 Å². The minimum absolute atomic E-state index is 0.00754. The molecule has 1 heterocycles. The highest BCUT2D eigenvalue weighted by Crippen LogP contribution is 2.40. The third-order valence-electron chi connectivity index (χ3n) is 4.79. The molecular weight excluding hydrogens is 360 g/mol. The molecule has 27 heavy (non-hydrogen) atoms. The number of nitrogens with one attached hydrogen (secondary N) is 1. The van der Waals surface area contributed by atoms with E-state index in [0.29, 0.717) is 11.7 Å². The number of ether oxygens (including phenoxy) is 1. The minimum atomic E-state index is -0.0323. The van der Waals surface area contributed by atoms with Gasteiger partial charge in [-0.1, -0.05) is 37.7 Å². The molecule has 1 atom stereocenters. The van der Waals surface area contributed by atoms with Gasteiger partial charge >= 0.3 is 0 Å². The topological polar surface area (TPSA) is 69.0 Å². The van der Waals surface area contributed by atoms with Gasteiger partial charge in [-0.3, -0.25) is 4.79 Å². The highest BCUT2D eigenvalue weighted by molar-refractivity contribution is 7.99. The first-order valence-electron chi connectivity index (χ1n) is 9.52. The van der Waals surface area contributed by atoms with E-state index < -0.39 is 0 Å². The van der Waals surface area contributed by atoms with Crippen LogP contribution in [0.25, 0.3) is 0 Å². The van der Waals surface area contributed by atoms with Gasteiger partial charge in [0.1, 0.15) is 11.6 Å². The lowest BCUT2D eigenvalue weighted by Gasteiger charge is -2.23. The predicted molar refractivity (Wildman–Crippen MR) is 107 cm³/mol. The molecule has 0 aliphatic heterocycles. The first-order chi connectivity index (χ1) is 13.0. The Balaban J connectivity index is 1.61. The van der Waals surface area contributed by atoms with Crippen molar-refractivity contribution in [1.29, 1.82) is 0 Å². The normalized spacial score (nSPS) is 15.0. The zero-order valence-corrected chi connectivity index (χ0v) is 17.3. The summed E-state index contributed by atoms with van der Waals surface area (Å²) < 4.78 is 7.36. The molecule has 2 aromatic rings. The number of aromatic nitrogens is 3. The van der Waals surface area contributed by atoms with E-state index in [2.05, 4.69) is 40.9 Å². The second kappa shape index (κ2) is 8.78. The summed E-state index contributed by atoms with van der Waals surface area (Å²) in [6, 6.07) is 7.83. The fraction of sp³-hybridized carbons (Fsp3) is 0.550. The Hall–Kier alpha value is -2.02. The molecule has 1 fully saturated rings. The van der Waals surface area contributed by atoms with E-state index in [1.54, 1.807) is 7.11 Å². The molecule has 1 aromatic carbocycles. The van der Waals surface area contributed by atoms with Gasteiger partial charge in [-0.15, -0.1) is 10.2 Å². The van der Waals surface area contributed by atoms with Gasteiger partial charge in [0.05, 0.1) is 18.9 Å². The lowest BCUT2D eigenvalue weighted by molar-refractivity contribution is -0.119. The maximum absolute atomic E-state index is 12.6. The molecule has 1 N–H and O–H groups in total. The summed E-state index contributed by atoms with van der Waals surface area (Å²) in [5.74, 6) is 3.07. The van der Waals surface area contributed by atoms with E-state index in [1.807, 2.05) is 24.3 Å². The Labute approximate surface area is 165 Å². The van der Waals surface area contributed by atoms with Crippen molar-refractivity contribution in [3.8, 4) is 5.75 Å². The van der Waals surface area contributed by atoms with Crippen molar-refractivity contribution in [3.05, 3.63) is 35.7 Å². The number of methoxy groups -OCH3 is 1. The molecule has 1 saturated carbocycles. The van der Waals surface area contributed by atoms with Crippen LogP contribution >= 0.6 is 11.8 Å². The lowest BCUT2D eigenvalue weighted by Crippen LogP contribution is -2.33. The Morgan fingerprint density at radius 1 is 1.30 bits per heavy atom. The Bertz CT molecular complexity index is 769. The van der Waals surface area contributed by atoms with Crippen LogP contribution in [-0.2, 0) is 11.3 Å². The monoisotopic (exact) mass is 388 g/mol. The van der Waals surface area contributed by atoms with E-state index in [9.17, 15) is 4.79 Å². The van der Waals surface area contributed by atoms with Crippen LogP contribution in [0.4, 0.5) is 0 Å². The molecule has 6 nitrogen and oxygen atoms in total. The molecule has 1 aromatic heterocycles. The van der Waals surface area contributed by atoms with Gasteiger partial charge in [-0.2, -0.15) is 0 Å². The van der Waals surface area contributed by atoms with E-state index >= 15 is 0 Å². The second-order valence-corrected chi connectivity index (χ2v) is 8.15. The van der Waals surface area contributed by atoms with Crippen molar-refractivity contribution in [2.24, 2.45) is 5.92 Å². The number of rotatable bonds is 9. The van der Waals surface area contributed by atoms with Crippen LogP contribution in [-0.4, -0.2) is 33.5 Å². The maximum Gasteiger partial charge on any atom is 0.230 e. The van der Waals surface area contributed by atoms with Crippen LogP contribution in [0.2, 0.25) is 0 Å². The minimum Gasteiger partial charge on any atom is -0.497 e. The largest absolute Gasteiger partial charge is 0.497 e. The van der Waals surface area contributed by atoms with Gasteiger partial charge in [-0.25, -0.2) is 0 Å². The third kappa shape index (κ3) is 4.83. The lowest BCUT2D eigenvalue weighted by atomic mass is 9.96. The molecule has 1 aliphatic carbocycles. The average Bonchev–Trinajstić information content (AvgIpc) is 3.44. The summed E-state index contributed by atoms with van der Waals surface area (Å²) in [5.41, 5.74) is 1.08. The zero-order valence-electron chi connectivity index (χ0n) is 16.4. The molecule has 0 unspecified atom stereocenters. The van der Waals surface area contributed by atoms with Crippen molar-refractivity contribution < 1.29 is 9.53 Å². The second-order valence-electron chi connectivity index (χ2n) is 7.21. The standard InChI is InChI=1S/C20H28N4O2S/c1-5-24-19(15-6-7-15)22-23-20(24)27-12-17(25)21-18(13(2)3)14-8-10-16(26-4)11-9-14/h8-11,13,15,18H,5-7,12H2,1-4H3,(H,21,25)/t18-/m0/s1. The number of thioether (sulfide) groups is 1. The van der Waals surface area contributed by atoms with Gasteiger partial charge in [-0.05, 0) is 43.4 Å². The summed E-state index contributed by atoms with van der Waals surface area (Å²) >= 11 is 1.46. The van der Waals surface area contributed by atoms with Crippen molar-refractivity contribution in [1.82, 2.24) is 20.1 Å². The summed E-state index contributed by atoms with van der Waals surface area (Å²) in [5, 5.41) is 12.6. The van der Waals surface area contributed by atoms with Crippen LogP contribution in [0.5, 0.6) is 5.75 Å². The molecule has 0 radical (unpaired) electrons. The average molecular weight is 389 g/mol. The van der Waals surface area contributed by atoms with Crippen LogP contribution < -0.4 is 10.1 Å². The molecule has 1 aliphatic rings. The van der Waals surface area contributed by atoms with Crippen molar-refractivity contribution in [2.75, 3.05) is 12.9 Å². The highest BCUT2D eigenvalue weighted by Gasteiger charge is 2.30. The van der Waals surface area contributed by atoms with Crippen LogP contribution in [0, 0.1) is 5.92 Å². The van der Waals surface area contributed by atoms with Crippen molar-refractivity contribution in [2.45, 2.75) is 57.3 Å². The summed E-state index contributed by atoms with van der Waals surface area (Å²) in [7, 11) is 1.65. The maximum atomic E-state index is 12.6. The number of nitrogens with zero attached hydrogens (tertiary/aromatic N) is 3. The Morgan fingerprint density at radius 3 is 2.56 bits per heavy atom. The molecule has 0 spiro atoms. The summed E-state index contributed by atoms with van der Waals surface area (Å²) in [6.07, 6.45) is 2.39. The first kappa shape index (κ1) is 19.7. The number of carbonyl (C=O) groups excluding carboxylic acids is 1. The fourth-order valence-electron chi connectivity index (χ4n) is 3.14. The first-order valence-corrected chi connectivity index (χ1v) is 10.5. The quantitative estimate of drug-likeness (QED) is 0.662. The molecule has 146 valence electrons. The molecule has 0 bridgehead atoms. The Kier molecular flexibility index (Phi) is 6.42. The van der Waals surface area contributed by atoms with Crippen LogP contribution in [0.3, 0.4) is 0 Å². The van der Waals surface area contributed by atoms with Gasteiger partial charge in [0.2, 0.25) is 5.91 Å². The van der Waals surface area contributed by atoms with Crippen molar-refractivity contribution >= 4 is 17.7 Å². The molecule has 3 rings (SSSR count). The molecule has 1 amide bonds. The smallest absolute Gasteiger partial charge is 0.230 e.